The van der Waals surface area contributed by atoms with Gasteiger partial charge in [0, 0.05) is 19.3 Å². The van der Waals surface area contributed by atoms with Gasteiger partial charge in [0.15, 0.2) is 0 Å². The molecule has 0 aromatic heterocycles. The molecule has 0 radical (unpaired) electrons. The van der Waals surface area contributed by atoms with E-state index in [0.717, 1.165) is 32.1 Å². The van der Waals surface area contributed by atoms with E-state index >= 15 is 0 Å². The molecular weight excluding hydrogens is 300 g/mol. The third-order valence-electron chi connectivity index (χ3n) is 3.45. The Morgan fingerprint density at radius 1 is 0.696 bits per heavy atom. The molecule has 6 heteroatoms. The molecule has 23 heavy (non-hydrogen) atoms. The lowest BCUT2D eigenvalue weighted by molar-refractivity contribution is -0.167. The number of hydrogen-bond donors (Lipinski definition) is 1. The summed E-state index contributed by atoms with van der Waals surface area (Å²) < 4.78 is 9.67. The maximum absolute atomic E-state index is 11.4. The molecule has 0 aromatic rings. The van der Waals surface area contributed by atoms with Gasteiger partial charge in [0.25, 0.3) is 0 Å². The average Bonchev–Trinajstić information content (AvgIpc) is 2.50. The van der Waals surface area contributed by atoms with Crippen molar-refractivity contribution in [3.63, 3.8) is 0 Å². The third-order valence-corrected chi connectivity index (χ3v) is 3.45. The van der Waals surface area contributed by atoms with Crippen LogP contribution < -0.4 is 0 Å². The van der Waals surface area contributed by atoms with Crippen LogP contribution in [0.25, 0.3) is 0 Å². The van der Waals surface area contributed by atoms with Gasteiger partial charge in [-0.2, -0.15) is 0 Å². The van der Waals surface area contributed by atoms with Crippen LogP contribution in [-0.4, -0.2) is 29.8 Å². The highest BCUT2D eigenvalue weighted by atomic mass is 16.7. The second-order valence-electron chi connectivity index (χ2n) is 5.62. The van der Waals surface area contributed by atoms with Gasteiger partial charge < -0.3 is 14.6 Å². The van der Waals surface area contributed by atoms with Crippen LogP contribution in [0.1, 0.15) is 84.0 Å². The molecule has 0 amide bonds. The largest absolute Gasteiger partial charge is 0.481 e. The van der Waals surface area contributed by atoms with Gasteiger partial charge in [-0.05, 0) is 19.3 Å². The highest BCUT2D eigenvalue weighted by molar-refractivity contribution is 5.71. The fourth-order valence-electron chi connectivity index (χ4n) is 2.08. The Morgan fingerprint density at radius 3 is 1.57 bits per heavy atom. The van der Waals surface area contributed by atoms with Crippen molar-refractivity contribution < 1.29 is 29.0 Å². The number of carboxylic acids is 1. The van der Waals surface area contributed by atoms with E-state index in [9.17, 15) is 14.4 Å². The van der Waals surface area contributed by atoms with E-state index in [4.69, 9.17) is 14.6 Å². The van der Waals surface area contributed by atoms with Crippen LogP contribution in [0.15, 0.2) is 0 Å². The zero-order valence-electron chi connectivity index (χ0n) is 14.2. The van der Waals surface area contributed by atoms with Crippen molar-refractivity contribution in [2.75, 3.05) is 6.79 Å². The second kappa shape index (κ2) is 15.3. The van der Waals surface area contributed by atoms with Crippen LogP contribution in [0, 0.1) is 0 Å². The molecule has 0 aliphatic rings. The van der Waals surface area contributed by atoms with E-state index in [1.807, 2.05) is 0 Å². The van der Waals surface area contributed by atoms with E-state index in [-0.39, 0.29) is 31.6 Å². The Kier molecular flexibility index (Phi) is 14.3. The van der Waals surface area contributed by atoms with Crippen LogP contribution in [0.5, 0.6) is 0 Å². The minimum absolute atomic E-state index is 0.166. The Hall–Kier alpha value is -1.59. The van der Waals surface area contributed by atoms with Gasteiger partial charge >= 0.3 is 17.9 Å². The first-order valence-corrected chi connectivity index (χ1v) is 8.59. The molecule has 0 spiro atoms. The third kappa shape index (κ3) is 16.6. The second-order valence-corrected chi connectivity index (χ2v) is 5.62. The number of carboxylic acid groups (broad SMARTS) is 1. The summed E-state index contributed by atoms with van der Waals surface area (Å²) >= 11 is 0. The van der Waals surface area contributed by atoms with E-state index in [2.05, 4.69) is 6.92 Å². The van der Waals surface area contributed by atoms with Crippen molar-refractivity contribution >= 4 is 17.9 Å². The van der Waals surface area contributed by atoms with Gasteiger partial charge in [0.2, 0.25) is 6.79 Å². The molecule has 0 aromatic carbocycles. The number of rotatable bonds is 15. The van der Waals surface area contributed by atoms with Crippen molar-refractivity contribution in [2.24, 2.45) is 0 Å². The molecule has 0 saturated heterocycles. The lowest BCUT2D eigenvalue weighted by Crippen LogP contribution is -2.12. The monoisotopic (exact) mass is 330 g/mol. The zero-order chi connectivity index (χ0) is 17.3. The van der Waals surface area contributed by atoms with Crippen molar-refractivity contribution in [3.8, 4) is 0 Å². The van der Waals surface area contributed by atoms with Gasteiger partial charge in [-0.25, -0.2) is 0 Å². The van der Waals surface area contributed by atoms with Crippen LogP contribution in [0.3, 0.4) is 0 Å². The molecular formula is C17H30O6. The lowest BCUT2D eigenvalue weighted by Gasteiger charge is -2.06. The molecule has 0 heterocycles. The molecule has 0 rings (SSSR count). The van der Waals surface area contributed by atoms with Crippen molar-refractivity contribution in [2.45, 2.75) is 84.0 Å². The summed E-state index contributed by atoms with van der Waals surface area (Å²) in [6.45, 7) is 1.82. The molecule has 0 aliphatic carbocycles. The molecule has 0 aliphatic heterocycles. The van der Waals surface area contributed by atoms with Crippen LogP contribution in [0.2, 0.25) is 0 Å². The Labute approximate surface area is 138 Å². The minimum Gasteiger partial charge on any atom is -0.481 e. The predicted octanol–water partition coefficient (Wildman–Crippen LogP) is 3.82. The number of hydrogen-bond acceptors (Lipinski definition) is 5. The fourth-order valence-corrected chi connectivity index (χ4v) is 2.08. The first-order valence-electron chi connectivity index (χ1n) is 8.59. The number of ether oxygens (including phenoxy) is 2. The van der Waals surface area contributed by atoms with E-state index in [1.165, 1.54) is 12.8 Å². The van der Waals surface area contributed by atoms with Gasteiger partial charge in [-0.1, -0.05) is 45.4 Å². The highest BCUT2D eigenvalue weighted by Gasteiger charge is 2.06. The Balaban J connectivity index is 3.38. The van der Waals surface area contributed by atoms with Gasteiger partial charge in [0.05, 0.1) is 0 Å². The smallest absolute Gasteiger partial charge is 0.308 e. The molecule has 0 atom stereocenters. The average molecular weight is 330 g/mol. The minimum atomic E-state index is -0.795. The number of esters is 2. The molecule has 0 bridgehead atoms. The maximum atomic E-state index is 11.4. The van der Waals surface area contributed by atoms with Crippen molar-refractivity contribution in [3.05, 3.63) is 0 Å². The summed E-state index contributed by atoms with van der Waals surface area (Å²) in [7, 11) is 0. The van der Waals surface area contributed by atoms with Crippen molar-refractivity contribution in [1.29, 1.82) is 0 Å². The van der Waals surface area contributed by atoms with Gasteiger partial charge in [0.1, 0.15) is 0 Å². The summed E-state index contributed by atoms with van der Waals surface area (Å²) in [5.41, 5.74) is 0. The van der Waals surface area contributed by atoms with E-state index in [0.29, 0.717) is 19.3 Å². The van der Waals surface area contributed by atoms with Crippen LogP contribution >= 0.6 is 0 Å². The quantitative estimate of drug-likeness (QED) is 0.279. The Bertz CT molecular complexity index is 340. The number of carbonyl (C=O) groups is 3. The van der Waals surface area contributed by atoms with Gasteiger partial charge in [-0.3, -0.25) is 14.4 Å². The summed E-state index contributed by atoms with van der Waals surface area (Å²) in [5.74, 6) is -1.52. The standard InChI is InChI=1S/C17H30O6/c1-2-3-4-5-9-12-16(20)22-14-23-17(21)13-10-7-6-8-11-15(18)19/h2-14H2,1H3,(H,18,19). The number of aliphatic carboxylic acids is 1. The molecule has 0 unspecified atom stereocenters. The summed E-state index contributed by atoms with van der Waals surface area (Å²) in [6, 6.07) is 0. The van der Waals surface area contributed by atoms with Gasteiger partial charge in [-0.15, -0.1) is 0 Å². The SMILES string of the molecule is CCCCCCCC(=O)OCOC(=O)CCCCCCC(=O)O. The molecule has 134 valence electrons. The first-order chi connectivity index (χ1) is 11.1. The summed E-state index contributed by atoms with van der Waals surface area (Å²) in [4.78, 5) is 33.1. The molecule has 1 N–H and O–H groups in total. The normalized spacial score (nSPS) is 10.3. The van der Waals surface area contributed by atoms with E-state index in [1.54, 1.807) is 0 Å². The molecule has 0 saturated carbocycles. The first kappa shape index (κ1) is 21.4. The maximum Gasteiger partial charge on any atom is 0.308 e. The molecule has 0 fully saturated rings. The van der Waals surface area contributed by atoms with Crippen LogP contribution in [-0.2, 0) is 23.9 Å². The van der Waals surface area contributed by atoms with E-state index < -0.39 is 5.97 Å². The topological polar surface area (TPSA) is 89.9 Å². The molecule has 6 nitrogen and oxygen atoms in total. The Morgan fingerprint density at radius 2 is 1.13 bits per heavy atom. The van der Waals surface area contributed by atoms with Crippen molar-refractivity contribution in [1.82, 2.24) is 0 Å². The number of unbranched alkanes of at least 4 members (excludes halogenated alkanes) is 7. The zero-order valence-corrected chi connectivity index (χ0v) is 14.2. The highest BCUT2D eigenvalue weighted by Crippen LogP contribution is 2.07. The number of carbonyl (C=O) groups excluding carboxylic acids is 2. The van der Waals surface area contributed by atoms with Crippen LogP contribution in [0.4, 0.5) is 0 Å². The lowest BCUT2D eigenvalue weighted by atomic mass is 10.1. The summed E-state index contributed by atoms with van der Waals surface area (Å²) in [5, 5.41) is 8.48. The fraction of sp³-hybridized carbons (Fsp3) is 0.824. The predicted molar refractivity (Wildman–Crippen MR) is 85.8 cm³/mol. The summed E-state index contributed by atoms with van der Waals surface area (Å²) in [6.07, 6.45) is 8.96.